The maximum Gasteiger partial charge on any atom is 0.337 e. The second kappa shape index (κ2) is 10.3. The average Bonchev–Trinajstić information content (AvgIpc) is 3.47. The zero-order valence-corrected chi connectivity index (χ0v) is 21.4. The molecule has 3 atom stereocenters. The quantitative estimate of drug-likeness (QED) is 0.311. The highest BCUT2D eigenvalue weighted by atomic mass is 32.1. The Kier molecular flexibility index (Phi) is 7.32. The molecule has 11 heteroatoms. The number of nitro groups is 1. The number of methoxy groups -OCH3 is 1. The van der Waals surface area contributed by atoms with Crippen molar-refractivity contribution >= 4 is 34.7 Å². The summed E-state index contributed by atoms with van der Waals surface area (Å²) in [4.78, 5) is 48.5. The Morgan fingerprint density at radius 1 is 1.33 bits per heavy atom. The third-order valence-corrected chi connectivity index (χ3v) is 7.40. The second-order valence-corrected chi connectivity index (χ2v) is 10.3. The van der Waals surface area contributed by atoms with E-state index in [0.717, 1.165) is 11.6 Å². The summed E-state index contributed by atoms with van der Waals surface area (Å²) in [5, 5.41) is 14.4. The number of benzene rings is 1. The Labute approximate surface area is 212 Å². The Bertz CT molecular complexity index is 1240. The molecule has 1 fully saturated rings. The van der Waals surface area contributed by atoms with Gasteiger partial charge in [0.25, 0.3) is 5.69 Å². The smallest absolute Gasteiger partial charge is 0.337 e. The maximum absolute atomic E-state index is 13.7. The normalized spacial score (nSPS) is 24.4. The first-order chi connectivity index (χ1) is 17.1. The first-order valence-corrected chi connectivity index (χ1v) is 12.4. The molecule has 2 aliphatic heterocycles. The van der Waals surface area contributed by atoms with Gasteiger partial charge in [-0.1, -0.05) is 12.1 Å². The van der Waals surface area contributed by atoms with Crippen molar-refractivity contribution in [1.29, 1.82) is 0 Å². The molecule has 1 aromatic heterocycles. The second-order valence-electron chi connectivity index (χ2n) is 9.31. The molecule has 0 saturated carbocycles. The number of aliphatic imine (C=N–C) groups is 1. The fourth-order valence-electron chi connectivity index (χ4n) is 4.97. The monoisotopic (exact) mass is 512 g/mol. The summed E-state index contributed by atoms with van der Waals surface area (Å²) in [6.45, 7) is 7.22. The number of carbonyl (C=O) groups is 2. The van der Waals surface area contributed by atoms with Gasteiger partial charge >= 0.3 is 11.9 Å². The van der Waals surface area contributed by atoms with E-state index in [1.54, 1.807) is 37.4 Å². The van der Waals surface area contributed by atoms with Crippen LogP contribution >= 0.6 is 11.3 Å². The van der Waals surface area contributed by atoms with Crippen LogP contribution in [0.5, 0.6) is 0 Å². The van der Waals surface area contributed by atoms with Crippen LogP contribution in [0.15, 0.2) is 52.1 Å². The summed E-state index contributed by atoms with van der Waals surface area (Å²) in [5.74, 6) is -2.92. The standard InChI is InChI=1S/C25H28N4O6S/c1-15-20(23(30)34-4)22(17-6-5-7-18(12-17)29(32)33)21(16(2)27-15)24(31)35-25(3)8-10-28(14-25)13-19-26-9-11-36-19/h5-7,9,11-12,20,22H,8,10,13-14H2,1-4H3/t20?,22-,25+/m0/s1. The van der Waals surface area contributed by atoms with Gasteiger partial charge in [0, 0.05) is 60.5 Å². The van der Waals surface area contributed by atoms with Crippen LogP contribution in [0.3, 0.4) is 0 Å². The number of non-ortho nitro benzene ring substituents is 1. The summed E-state index contributed by atoms with van der Waals surface area (Å²) in [5.41, 5.74) is 0.649. The molecule has 10 nitrogen and oxygen atoms in total. The fourth-order valence-corrected chi connectivity index (χ4v) is 5.63. The van der Waals surface area contributed by atoms with E-state index in [4.69, 9.17) is 9.47 Å². The van der Waals surface area contributed by atoms with Crippen molar-refractivity contribution in [2.24, 2.45) is 10.9 Å². The molecule has 0 aliphatic carbocycles. The van der Waals surface area contributed by atoms with Gasteiger partial charge in [0.1, 0.15) is 16.5 Å². The van der Waals surface area contributed by atoms with Crippen LogP contribution < -0.4 is 0 Å². The number of carbonyl (C=O) groups excluding carboxylic acids is 2. The zero-order valence-electron chi connectivity index (χ0n) is 20.6. The van der Waals surface area contributed by atoms with Crippen LogP contribution in [0.25, 0.3) is 0 Å². The zero-order chi connectivity index (χ0) is 26.0. The van der Waals surface area contributed by atoms with Crippen LogP contribution in [0.4, 0.5) is 5.69 Å². The molecule has 190 valence electrons. The third kappa shape index (κ3) is 5.21. The van der Waals surface area contributed by atoms with Gasteiger partial charge < -0.3 is 9.47 Å². The predicted molar refractivity (Wildman–Crippen MR) is 134 cm³/mol. The van der Waals surface area contributed by atoms with E-state index in [1.807, 2.05) is 12.3 Å². The van der Waals surface area contributed by atoms with E-state index in [2.05, 4.69) is 14.9 Å². The molecule has 3 heterocycles. The molecule has 0 N–H and O–H groups in total. The van der Waals surface area contributed by atoms with Crippen molar-refractivity contribution in [3.63, 3.8) is 0 Å². The molecule has 1 saturated heterocycles. The molecule has 36 heavy (non-hydrogen) atoms. The van der Waals surface area contributed by atoms with Gasteiger partial charge in [-0.3, -0.25) is 24.8 Å². The van der Waals surface area contributed by atoms with Crippen LogP contribution in [0.2, 0.25) is 0 Å². The van der Waals surface area contributed by atoms with Crippen molar-refractivity contribution in [3.05, 3.63) is 67.8 Å². The molecule has 4 rings (SSSR count). The first-order valence-electron chi connectivity index (χ1n) is 11.5. The Hall–Kier alpha value is -3.44. The minimum Gasteiger partial charge on any atom is -0.468 e. The Morgan fingerprint density at radius 3 is 2.78 bits per heavy atom. The highest BCUT2D eigenvalue weighted by Gasteiger charge is 2.45. The SMILES string of the molecule is COC(=O)C1C(C)=NC(C)=C(C(=O)O[C@]2(C)CCN(Cc3nccs3)C2)[C@H]1c1cccc([N+](=O)[O-])c1. The molecule has 2 aliphatic rings. The number of allylic oxidation sites excluding steroid dienone is 1. The van der Waals surface area contributed by atoms with Crippen LogP contribution in [-0.4, -0.2) is 58.3 Å². The largest absolute Gasteiger partial charge is 0.468 e. The number of likely N-dealkylation sites (tertiary alicyclic amines) is 1. The Balaban J connectivity index is 1.66. The molecule has 0 radical (unpaired) electrons. The van der Waals surface area contributed by atoms with Crippen molar-refractivity contribution < 1.29 is 24.0 Å². The summed E-state index contributed by atoms with van der Waals surface area (Å²) >= 11 is 1.58. The van der Waals surface area contributed by atoms with E-state index in [0.29, 0.717) is 36.5 Å². The predicted octanol–water partition coefficient (Wildman–Crippen LogP) is 3.88. The van der Waals surface area contributed by atoms with Crippen molar-refractivity contribution in [2.45, 2.75) is 45.3 Å². The van der Waals surface area contributed by atoms with Crippen molar-refractivity contribution in [2.75, 3.05) is 20.2 Å². The van der Waals surface area contributed by atoms with Gasteiger partial charge in [-0.2, -0.15) is 0 Å². The van der Waals surface area contributed by atoms with Gasteiger partial charge in [-0.05, 0) is 26.3 Å². The van der Waals surface area contributed by atoms with Gasteiger partial charge in [-0.15, -0.1) is 11.3 Å². The highest BCUT2D eigenvalue weighted by molar-refractivity contribution is 7.09. The summed E-state index contributed by atoms with van der Waals surface area (Å²) in [6, 6.07) is 5.95. The molecule has 1 unspecified atom stereocenters. The lowest BCUT2D eigenvalue weighted by Gasteiger charge is -2.33. The van der Waals surface area contributed by atoms with E-state index in [-0.39, 0.29) is 11.3 Å². The van der Waals surface area contributed by atoms with E-state index < -0.39 is 34.3 Å². The number of rotatable bonds is 7. The molecular formula is C25H28N4O6S. The van der Waals surface area contributed by atoms with Gasteiger partial charge in [0.15, 0.2) is 0 Å². The number of ether oxygens (including phenoxy) is 2. The van der Waals surface area contributed by atoms with Crippen LogP contribution in [-0.2, 0) is 25.6 Å². The summed E-state index contributed by atoms with van der Waals surface area (Å²) in [6.07, 6.45) is 2.41. The minimum absolute atomic E-state index is 0.137. The number of hydrogen-bond donors (Lipinski definition) is 0. The van der Waals surface area contributed by atoms with Crippen molar-refractivity contribution in [1.82, 2.24) is 9.88 Å². The van der Waals surface area contributed by atoms with E-state index in [9.17, 15) is 19.7 Å². The van der Waals surface area contributed by atoms with E-state index >= 15 is 0 Å². The molecule has 0 amide bonds. The number of nitro benzene ring substituents is 1. The number of esters is 2. The number of nitrogens with zero attached hydrogens (tertiary/aromatic N) is 4. The lowest BCUT2D eigenvalue weighted by molar-refractivity contribution is -0.384. The third-order valence-electron chi connectivity index (χ3n) is 6.64. The van der Waals surface area contributed by atoms with Crippen LogP contribution in [0, 0.1) is 16.0 Å². The summed E-state index contributed by atoms with van der Waals surface area (Å²) in [7, 11) is 1.26. The average molecular weight is 513 g/mol. The topological polar surface area (TPSA) is 124 Å². The number of aromatic nitrogens is 1. The molecule has 2 aromatic rings. The highest BCUT2D eigenvalue weighted by Crippen LogP contribution is 2.42. The molecule has 0 spiro atoms. The first kappa shape index (κ1) is 25.6. The van der Waals surface area contributed by atoms with Gasteiger partial charge in [-0.25, -0.2) is 9.78 Å². The van der Waals surface area contributed by atoms with E-state index in [1.165, 1.54) is 25.3 Å². The van der Waals surface area contributed by atoms with Crippen molar-refractivity contribution in [3.8, 4) is 0 Å². The molecular weight excluding hydrogens is 484 g/mol. The molecule has 0 bridgehead atoms. The Morgan fingerprint density at radius 2 is 2.11 bits per heavy atom. The number of thiazole rings is 1. The minimum atomic E-state index is -0.916. The van der Waals surface area contributed by atoms with Gasteiger partial charge in [0.2, 0.25) is 0 Å². The van der Waals surface area contributed by atoms with Crippen LogP contribution in [0.1, 0.15) is 43.7 Å². The molecule has 1 aromatic carbocycles. The van der Waals surface area contributed by atoms with Gasteiger partial charge in [0.05, 0.1) is 24.2 Å². The number of hydrogen-bond acceptors (Lipinski definition) is 10. The summed E-state index contributed by atoms with van der Waals surface area (Å²) < 4.78 is 11.1. The lowest BCUT2D eigenvalue weighted by atomic mass is 9.75. The lowest BCUT2D eigenvalue weighted by Crippen LogP contribution is -2.40. The fraction of sp³-hybridized carbons (Fsp3) is 0.440. The maximum atomic E-state index is 13.7.